The maximum absolute atomic E-state index is 13.7. The number of hydrogen-bond donors (Lipinski definition) is 1. The largest absolute Gasteiger partial charge is 0.397 e. The van der Waals surface area contributed by atoms with Gasteiger partial charge in [-0.05, 0) is 49.3 Å². The normalized spacial score (nSPS) is 18.7. The van der Waals surface area contributed by atoms with Crippen molar-refractivity contribution in [3.8, 4) is 6.07 Å². The zero-order valence-electron chi connectivity index (χ0n) is 13.2. The number of aromatic nitrogens is 3. The van der Waals surface area contributed by atoms with Gasteiger partial charge in [0.15, 0.2) is 0 Å². The number of alkyl halides is 3. The number of fused-ring (bicyclic) bond motifs is 1. The molecule has 1 aliphatic rings. The molecule has 24 heavy (non-hydrogen) atoms. The fraction of sp³-hybridized carbons (Fsp3) is 0.471. The van der Waals surface area contributed by atoms with E-state index in [1.807, 2.05) is 6.07 Å². The van der Waals surface area contributed by atoms with Crippen molar-refractivity contribution in [3.63, 3.8) is 0 Å². The van der Waals surface area contributed by atoms with Gasteiger partial charge in [0, 0.05) is 11.9 Å². The standard InChI is InChI=1S/C17H17F3N4/c1-10-16(24-9-23-10)15(17(18,19)20)11-2-3-12-8-22-14(4-5-21)7-13(12)6-11/h7-9,11,15H,2-4,6H2,1H3,(H,23,24)/t11?,15-/m1/s1. The van der Waals surface area contributed by atoms with Crippen LogP contribution in [0.1, 0.15) is 40.5 Å². The highest BCUT2D eigenvalue weighted by molar-refractivity contribution is 5.32. The molecule has 0 saturated heterocycles. The lowest BCUT2D eigenvalue weighted by molar-refractivity contribution is -0.164. The van der Waals surface area contributed by atoms with Crippen molar-refractivity contribution in [2.45, 2.75) is 44.7 Å². The number of aromatic amines is 1. The summed E-state index contributed by atoms with van der Waals surface area (Å²) in [5, 5.41) is 8.78. The van der Waals surface area contributed by atoms with Crippen LogP contribution < -0.4 is 0 Å². The molecule has 0 radical (unpaired) electrons. The minimum atomic E-state index is -4.34. The second-order valence-electron chi connectivity index (χ2n) is 6.21. The molecule has 2 atom stereocenters. The number of pyridine rings is 1. The molecule has 126 valence electrons. The zero-order valence-corrected chi connectivity index (χ0v) is 13.2. The van der Waals surface area contributed by atoms with E-state index >= 15 is 0 Å². The first-order chi connectivity index (χ1) is 11.4. The van der Waals surface area contributed by atoms with Crippen molar-refractivity contribution in [2.75, 3.05) is 0 Å². The van der Waals surface area contributed by atoms with Gasteiger partial charge < -0.3 is 4.98 Å². The van der Waals surface area contributed by atoms with E-state index < -0.39 is 18.0 Å². The van der Waals surface area contributed by atoms with Gasteiger partial charge in [-0.15, -0.1) is 0 Å². The van der Waals surface area contributed by atoms with Gasteiger partial charge >= 0.3 is 6.18 Å². The van der Waals surface area contributed by atoms with Crippen LogP contribution in [0.3, 0.4) is 0 Å². The molecule has 0 spiro atoms. The maximum Gasteiger partial charge on any atom is 0.397 e. The summed E-state index contributed by atoms with van der Waals surface area (Å²) in [6, 6.07) is 3.80. The molecule has 0 fully saturated rings. The quantitative estimate of drug-likeness (QED) is 0.932. The van der Waals surface area contributed by atoms with Crippen LogP contribution >= 0.6 is 0 Å². The fourth-order valence-corrected chi connectivity index (χ4v) is 3.51. The van der Waals surface area contributed by atoms with Crippen LogP contribution in [0.5, 0.6) is 0 Å². The second-order valence-corrected chi connectivity index (χ2v) is 6.21. The highest BCUT2D eigenvalue weighted by atomic mass is 19.4. The summed E-state index contributed by atoms with van der Waals surface area (Å²) in [7, 11) is 0. The summed E-state index contributed by atoms with van der Waals surface area (Å²) >= 11 is 0. The number of halogens is 3. The average Bonchev–Trinajstić information content (AvgIpc) is 2.92. The van der Waals surface area contributed by atoms with Gasteiger partial charge in [-0.1, -0.05) is 0 Å². The highest BCUT2D eigenvalue weighted by Crippen LogP contribution is 2.45. The van der Waals surface area contributed by atoms with Crippen molar-refractivity contribution < 1.29 is 13.2 Å². The third kappa shape index (κ3) is 3.14. The van der Waals surface area contributed by atoms with Crippen LogP contribution in [0.4, 0.5) is 13.2 Å². The molecule has 2 aromatic heterocycles. The predicted molar refractivity (Wildman–Crippen MR) is 81.2 cm³/mol. The lowest BCUT2D eigenvalue weighted by atomic mass is 9.75. The number of nitriles is 1. The van der Waals surface area contributed by atoms with Crippen LogP contribution in [0.2, 0.25) is 0 Å². The summed E-state index contributed by atoms with van der Waals surface area (Å²) in [5.41, 5.74) is 3.00. The molecule has 0 aliphatic heterocycles. The molecule has 2 aromatic rings. The van der Waals surface area contributed by atoms with E-state index in [1.54, 1.807) is 19.2 Å². The SMILES string of the molecule is Cc1[nH]cnc1[C@@H](C1CCc2cnc(CC#N)cc2C1)C(F)(F)F. The van der Waals surface area contributed by atoms with E-state index in [4.69, 9.17) is 5.26 Å². The third-order valence-corrected chi connectivity index (χ3v) is 4.65. The van der Waals surface area contributed by atoms with Crippen molar-refractivity contribution >= 4 is 0 Å². The summed E-state index contributed by atoms with van der Waals surface area (Å²) in [4.78, 5) is 10.9. The molecule has 1 aliphatic carbocycles. The van der Waals surface area contributed by atoms with Crippen molar-refractivity contribution in [1.29, 1.82) is 5.26 Å². The number of H-pyrrole nitrogens is 1. The van der Waals surface area contributed by atoms with Crippen LogP contribution in [-0.2, 0) is 19.3 Å². The Kier molecular flexibility index (Phi) is 4.31. The fourth-order valence-electron chi connectivity index (χ4n) is 3.51. The molecular formula is C17H17F3N4. The van der Waals surface area contributed by atoms with E-state index in [9.17, 15) is 13.2 Å². The van der Waals surface area contributed by atoms with Gasteiger partial charge in [0.05, 0.1) is 30.2 Å². The molecule has 7 heteroatoms. The second kappa shape index (κ2) is 6.27. The predicted octanol–water partition coefficient (Wildman–Crippen LogP) is 3.63. The number of rotatable bonds is 3. The Hall–Kier alpha value is -2.36. The van der Waals surface area contributed by atoms with Gasteiger partial charge in [-0.25, -0.2) is 4.98 Å². The van der Waals surface area contributed by atoms with Crippen molar-refractivity contribution in [2.24, 2.45) is 5.92 Å². The zero-order chi connectivity index (χ0) is 17.3. The van der Waals surface area contributed by atoms with Crippen LogP contribution in [0, 0.1) is 24.2 Å². The first kappa shape index (κ1) is 16.5. The molecule has 0 saturated carbocycles. The Balaban J connectivity index is 1.93. The summed E-state index contributed by atoms with van der Waals surface area (Å²) in [6.45, 7) is 1.62. The number of nitrogens with one attached hydrogen (secondary N) is 1. The van der Waals surface area contributed by atoms with Gasteiger partial charge in [-0.2, -0.15) is 18.4 Å². The number of hydrogen-bond acceptors (Lipinski definition) is 3. The van der Waals surface area contributed by atoms with Crippen molar-refractivity contribution in [1.82, 2.24) is 15.0 Å². The summed E-state index contributed by atoms with van der Waals surface area (Å²) < 4.78 is 41.1. The molecule has 4 nitrogen and oxygen atoms in total. The summed E-state index contributed by atoms with van der Waals surface area (Å²) in [5.74, 6) is -2.14. The molecule has 3 rings (SSSR count). The molecule has 2 heterocycles. The topological polar surface area (TPSA) is 65.4 Å². The smallest absolute Gasteiger partial charge is 0.348 e. The lowest BCUT2D eigenvalue weighted by Gasteiger charge is -2.32. The van der Waals surface area contributed by atoms with E-state index in [1.165, 1.54) is 6.33 Å². The van der Waals surface area contributed by atoms with Gasteiger partial charge in [0.25, 0.3) is 0 Å². The van der Waals surface area contributed by atoms with Gasteiger partial charge in [0.2, 0.25) is 0 Å². The minimum absolute atomic E-state index is 0.0854. The Bertz CT molecular complexity index is 773. The minimum Gasteiger partial charge on any atom is -0.348 e. The number of aryl methyl sites for hydroxylation is 2. The van der Waals surface area contributed by atoms with Crippen LogP contribution in [-0.4, -0.2) is 21.1 Å². The lowest BCUT2D eigenvalue weighted by Crippen LogP contribution is -2.32. The number of nitrogens with zero attached hydrogens (tertiary/aromatic N) is 3. The van der Waals surface area contributed by atoms with E-state index in [2.05, 4.69) is 15.0 Å². The average molecular weight is 334 g/mol. The Morgan fingerprint density at radius 1 is 1.38 bits per heavy atom. The molecule has 0 bridgehead atoms. The molecular weight excluding hydrogens is 317 g/mol. The Morgan fingerprint density at radius 3 is 2.79 bits per heavy atom. The highest BCUT2D eigenvalue weighted by Gasteiger charge is 2.48. The monoisotopic (exact) mass is 334 g/mol. The molecule has 0 aromatic carbocycles. The van der Waals surface area contributed by atoms with E-state index in [0.717, 1.165) is 11.1 Å². The van der Waals surface area contributed by atoms with Gasteiger partial charge in [-0.3, -0.25) is 4.98 Å². The first-order valence-corrected chi connectivity index (χ1v) is 7.80. The molecule has 1 unspecified atom stereocenters. The number of imidazole rings is 1. The van der Waals surface area contributed by atoms with E-state index in [-0.39, 0.29) is 12.1 Å². The Labute approximate surface area is 137 Å². The van der Waals surface area contributed by atoms with Crippen LogP contribution in [0.25, 0.3) is 0 Å². The Morgan fingerprint density at radius 2 is 2.17 bits per heavy atom. The maximum atomic E-state index is 13.7. The van der Waals surface area contributed by atoms with E-state index in [0.29, 0.717) is 30.7 Å². The van der Waals surface area contributed by atoms with Crippen molar-refractivity contribution in [3.05, 3.63) is 46.8 Å². The molecule has 0 amide bonds. The third-order valence-electron chi connectivity index (χ3n) is 4.65. The summed E-state index contributed by atoms with van der Waals surface area (Å²) in [6.07, 6.45) is 0.172. The molecule has 1 N–H and O–H groups in total. The van der Waals surface area contributed by atoms with Crippen LogP contribution in [0.15, 0.2) is 18.6 Å². The first-order valence-electron chi connectivity index (χ1n) is 7.80. The van der Waals surface area contributed by atoms with Gasteiger partial charge in [0.1, 0.15) is 5.92 Å².